The van der Waals surface area contributed by atoms with Gasteiger partial charge in [0.1, 0.15) is 18.2 Å². The maximum absolute atomic E-state index is 14.5. The van der Waals surface area contributed by atoms with Gasteiger partial charge >= 0.3 is 0 Å². The maximum atomic E-state index is 14.5. The van der Waals surface area contributed by atoms with E-state index < -0.39 is 0 Å². The number of benzene rings is 2. The molecule has 1 fully saturated rings. The van der Waals surface area contributed by atoms with Gasteiger partial charge in [0.05, 0.1) is 11.0 Å². The molecule has 1 saturated heterocycles. The molecule has 1 N–H and O–H groups in total. The van der Waals surface area contributed by atoms with Crippen molar-refractivity contribution in [1.29, 1.82) is 0 Å². The van der Waals surface area contributed by atoms with E-state index in [9.17, 15) is 9.18 Å². The molecule has 1 aliphatic heterocycles. The highest BCUT2D eigenvalue weighted by Crippen LogP contribution is 2.34. The highest BCUT2D eigenvalue weighted by Gasteiger charge is 2.23. The third-order valence-electron chi connectivity index (χ3n) is 4.61. The summed E-state index contributed by atoms with van der Waals surface area (Å²) < 4.78 is 26.6. The van der Waals surface area contributed by atoms with Crippen LogP contribution in [0, 0.1) is 5.82 Å². The summed E-state index contributed by atoms with van der Waals surface area (Å²) in [6.07, 6.45) is 2.03. The minimum atomic E-state index is -0.339. The Morgan fingerprint density at radius 2 is 2.07 bits per heavy atom. The van der Waals surface area contributed by atoms with E-state index in [1.165, 1.54) is 17.4 Å². The molecule has 1 atom stereocenters. The number of para-hydroxylation sites is 1. The third-order valence-corrected chi connectivity index (χ3v) is 5.81. The molecule has 140 valence electrons. The summed E-state index contributed by atoms with van der Waals surface area (Å²) in [6, 6.07) is 14.2. The normalized spacial score (nSPS) is 16.6. The number of halogens is 1. The molecular weight excluding hydrogens is 365 g/mol. The van der Waals surface area contributed by atoms with Crippen molar-refractivity contribution < 1.29 is 18.7 Å². The number of carbonyl (C=O) groups excluding carboxylic acids is 1. The topological polar surface area (TPSA) is 47.6 Å². The minimum absolute atomic E-state index is 0.0593. The van der Waals surface area contributed by atoms with Gasteiger partial charge in [-0.15, -0.1) is 11.3 Å². The van der Waals surface area contributed by atoms with Crippen LogP contribution in [0.3, 0.4) is 0 Å². The quantitative estimate of drug-likeness (QED) is 0.678. The van der Waals surface area contributed by atoms with E-state index in [1.807, 2.05) is 36.4 Å². The van der Waals surface area contributed by atoms with Crippen LogP contribution in [-0.4, -0.2) is 25.2 Å². The lowest BCUT2D eigenvalue weighted by Crippen LogP contribution is -2.31. The van der Waals surface area contributed by atoms with Crippen LogP contribution < -0.4 is 10.1 Å². The molecule has 2 heterocycles. The first-order valence-electron chi connectivity index (χ1n) is 9.00. The lowest BCUT2D eigenvalue weighted by atomic mass is 10.1. The number of hydrogen-bond donors (Lipinski definition) is 1. The number of hydrogen-bond acceptors (Lipinski definition) is 4. The van der Waals surface area contributed by atoms with Gasteiger partial charge in [0.2, 0.25) is 0 Å². The molecule has 0 unspecified atom stereocenters. The Morgan fingerprint density at radius 3 is 2.85 bits per heavy atom. The van der Waals surface area contributed by atoms with E-state index in [0.717, 1.165) is 24.1 Å². The van der Waals surface area contributed by atoms with Crippen molar-refractivity contribution in [2.45, 2.75) is 25.6 Å². The fraction of sp³-hybridized carbons (Fsp3) is 0.286. The predicted octanol–water partition coefficient (Wildman–Crippen LogP) is 4.53. The molecule has 1 aliphatic rings. The van der Waals surface area contributed by atoms with Crippen molar-refractivity contribution in [3.05, 3.63) is 64.8 Å². The predicted molar refractivity (Wildman–Crippen MR) is 104 cm³/mol. The van der Waals surface area contributed by atoms with Crippen molar-refractivity contribution in [3.63, 3.8) is 0 Å². The maximum Gasteiger partial charge on any atom is 0.261 e. The van der Waals surface area contributed by atoms with E-state index in [0.29, 0.717) is 28.1 Å². The van der Waals surface area contributed by atoms with E-state index in [4.69, 9.17) is 9.47 Å². The lowest BCUT2D eigenvalue weighted by Gasteiger charge is -2.12. The average Bonchev–Trinajstić information content (AvgIpc) is 3.33. The molecule has 3 aromatic rings. The number of fused-ring (bicyclic) bond motifs is 1. The fourth-order valence-corrected chi connectivity index (χ4v) is 4.39. The number of nitrogens with one attached hydrogen (secondary N) is 1. The Balaban J connectivity index is 1.60. The standard InChI is InChI=1S/C21H20FNO3S/c22-17-9-4-10-18-19(17)16(13-26-14-6-2-1-3-7-14)20(27-18)21(24)23-12-15-8-5-11-25-15/h1-4,6-7,9-10,15H,5,8,11-13H2,(H,23,24)/t15-/m1/s1. The van der Waals surface area contributed by atoms with Crippen LogP contribution in [0.5, 0.6) is 5.75 Å². The van der Waals surface area contributed by atoms with Crippen molar-refractivity contribution >= 4 is 27.3 Å². The van der Waals surface area contributed by atoms with Crippen LogP contribution in [0.4, 0.5) is 4.39 Å². The summed E-state index contributed by atoms with van der Waals surface area (Å²) >= 11 is 1.29. The van der Waals surface area contributed by atoms with Crippen molar-refractivity contribution in [1.82, 2.24) is 5.32 Å². The molecule has 0 aliphatic carbocycles. The van der Waals surface area contributed by atoms with Gasteiger partial charge in [0.15, 0.2) is 0 Å². The second-order valence-electron chi connectivity index (χ2n) is 6.47. The lowest BCUT2D eigenvalue weighted by molar-refractivity contribution is 0.0859. The summed E-state index contributed by atoms with van der Waals surface area (Å²) in [6.45, 7) is 1.34. The van der Waals surface area contributed by atoms with Crippen molar-refractivity contribution in [2.75, 3.05) is 13.2 Å². The molecule has 0 radical (unpaired) electrons. The van der Waals surface area contributed by atoms with E-state index in [1.54, 1.807) is 6.07 Å². The van der Waals surface area contributed by atoms with Crippen LogP contribution >= 0.6 is 11.3 Å². The zero-order valence-electron chi connectivity index (χ0n) is 14.7. The van der Waals surface area contributed by atoms with Gasteiger partial charge in [-0.05, 0) is 37.1 Å². The van der Waals surface area contributed by atoms with E-state index in [2.05, 4.69) is 5.32 Å². The average molecular weight is 385 g/mol. The number of rotatable bonds is 6. The molecular formula is C21H20FNO3S. The molecule has 0 saturated carbocycles. The van der Waals surface area contributed by atoms with Crippen LogP contribution in [0.25, 0.3) is 10.1 Å². The first-order valence-corrected chi connectivity index (χ1v) is 9.81. The number of ether oxygens (including phenoxy) is 2. The molecule has 4 nitrogen and oxygen atoms in total. The Hall–Kier alpha value is -2.44. The molecule has 4 rings (SSSR count). The van der Waals surface area contributed by atoms with Crippen LogP contribution in [0.15, 0.2) is 48.5 Å². The zero-order valence-corrected chi connectivity index (χ0v) is 15.6. The smallest absolute Gasteiger partial charge is 0.261 e. The SMILES string of the molecule is O=C(NC[C@H]1CCCO1)c1sc2cccc(F)c2c1COc1ccccc1. The number of carbonyl (C=O) groups is 1. The van der Waals surface area contributed by atoms with Crippen LogP contribution in [0.2, 0.25) is 0 Å². The van der Waals surface area contributed by atoms with Gasteiger partial charge in [0.25, 0.3) is 5.91 Å². The summed E-state index contributed by atoms with van der Waals surface area (Å²) in [7, 11) is 0. The van der Waals surface area contributed by atoms with Gasteiger partial charge in [-0.2, -0.15) is 0 Å². The Bertz CT molecular complexity index is 935. The first-order chi connectivity index (χ1) is 13.2. The van der Waals surface area contributed by atoms with Crippen molar-refractivity contribution in [2.24, 2.45) is 0 Å². The van der Waals surface area contributed by atoms with Gasteiger partial charge in [-0.25, -0.2) is 4.39 Å². The number of amides is 1. The fourth-order valence-electron chi connectivity index (χ4n) is 3.25. The van der Waals surface area contributed by atoms with Gasteiger partial charge in [-0.1, -0.05) is 24.3 Å². The largest absolute Gasteiger partial charge is 0.489 e. The first kappa shape index (κ1) is 17.9. The molecule has 0 bridgehead atoms. The van der Waals surface area contributed by atoms with Crippen LogP contribution in [-0.2, 0) is 11.3 Å². The summed E-state index contributed by atoms with van der Waals surface area (Å²) in [5, 5.41) is 3.39. The summed E-state index contributed by atoms with van der Waals surface area (Å²) in [5.41, 5.74) is 0.585. The Kier molecular flexibility index (Phi) is 5.36. The van der Waals surface area contributed by atoms with E-state index in [-0.39, 0.29) is 24.4 Å². The monoisotopic (exact) mass is 385 g/mol. The van der Waals surface area contributed by atoms with Gasteiger partial charge < -0.3 is 14.8 Å². The zero-order chi connectivity index (χ0) is 18.6. The molecule has 1 amide bonds. The second-order valence-corrected chi connectivity index (χ2v) is 7.52. The summed E-state index contributed by atoms with van der Waals surface area (Å²) in [4.78, 5) is 13.3. The van der Waals surface area contributed by atoms with Gasteiger partial charge in [-0.3, -0.25) is 4.79 Å². The molecule has 1 aromatic heterocycles. The molecule has 2 aromatic carbocycles. The van der Waals surface area contributed by atoms with Crippen LogP contribution in [0.1, 0.15) is 28.1 Å². The third kappa shape index (κ3) is 3.96. The molecule has 6 heteroatoms. The van der Waals surface area contributed by atoms with Crippen molar-refractivity contribution in [3.8, 4) is 5.75 Å². The Labute approximate surface area is 160 Å². The highest BCUT2D eigenvalue weighted by atomic mass is 32.1. The molecule has 0 spiro atoms. The molecule has 27 heavy (non-hydrogen) atoms. The van der Waals surface area contributed by atoms with E-state index >= 15 is 0 Å². The van der Waals surface area contributed by atoms with Gasteiger partial charge in [0, 0.05) is 28.8 Å². The minimum Gasteiger partial charge on any atom is -0.489 e. The second kappa shape index (κ2) is 8.06. The summed E-state index contributed by atoms with van der Waals surface area (Å²) in [5.74, 6) is 0.130. The Morgan fingerprint density at radius 1 is 1.22 bits per heavy atom. The highest BCUT2D eigenvalue weighted by molar-refractivity contribution is 7.21. The number of thiophene rings is 1.